The van der Waals surface area contributed by atoms with E-state index in [1.165, 1.54) is 11.1 Å². The molecule has 0 radical (unpaired) electrons. The van der Waals surface area contributed by atoms with Gasteiger partial charge in [0.1, 0.15) is 5.75 Å². The van der Waals surface area contributed by atoms with Gasteiger partial charge in [0.15, 0.2) is 6.10 Å². The van der Waals surface area contributed by atoms with Crippen LogP contribution < -0.4 is 10.1 Å². The van der Waals surface area contributed by atoms with E-state index in [9.17, 15) is 4.79 Å². The third-order valence-corrected chi connectivity index (χ3v) is 4.71. The maximum Gasteiger partial charge on any atom is 0.261 e. The third-order valence-electron chi connectivity index (χ3n) is 4.18. The Kier molecular flexibility index (Phi) is 5.01. The summed E-state index contributed by atoms with van der Waals surface area (Å²) in [5.41, 5.74) is 2.58. The highest BCUT2D eigenvalue weighted by molar-refractivity contribution is 9.10. The van der Waals surface area contributed by atoms with E-state index in [2.05, 4.69) is 39.4 Å². The maximum absolute atomic E-state index is 12.4. The van der Waals surface area contributed by atoms with Gasteiger partial charge < -0.3 is 10.1 Å². The third kappa shape index (κ3) is 3.94. The zero-order chi connectivity index (χ0) is 16.2. The largest absolute Gasteiger partial charge is 0.481 e. The second-order valence-electron chi connectivity index (χ2n) is 5.87. The lowest BCUT2D eigenvalue weighted by Gasteiger charge is -2.27. The summed E-state index contributed by atoms with van der Waals surface area (Å²) in [6.07, 6.45) is 2.65. The fourth-order valence-electron chi connectivity index (χ4n) is 2.96. The van der Waals surface area contributed by atoms with E-state index in [0.29, 0.717) is 5.75 Å². The van der Waals surface area contributed by atoms with Gasteiger partial charge >= 0.3 is 0 Å². The normalized spacial score (nSPS) is 17.9. The molecule has 4 heteroatoms. The number of carbonyl (C=O) groups is 1. The van der Waals surface area contributed by atoms with Gasteiger partial charge in [-0.2, -0.15) is 0 Å². The first kappa shape index (κ1) is 16.1. The fraction of sp³-hybridized carbons (Fsp3) is 0.316. The van der Waals surface area contributed by atoms with Crippen molar-refractivity contribution in [1.82, 2.24) is 5.32 Å². The van der Waals surface area contributed by atoms with Crippen LogP contribution in [0.3, 0.4) is 0 Å². The van der Waals surface area contributed by atoms with Crippen molar-refractivity contribution >= 4 is 21.8 Å². The lowest BCUT2D eigenvalue weighted by molar-refractivity contribution is -0.128. The van der Waals surface area contributed by atoms with Gasteiger partial charge in [-0.15, -0.1) is 0 Å². The van der Waals surface area contributed by atoms with E-state index in [0.717, 1.165) is 23.7 Å². The second kappa shape index (κ2) is 7.18. The molecular formula is C19H20BrNO2. The second-order valence-corrected chi connectivity index (χ2v) is 6.78. The zero-order valence-corrected chi connectivity index (χ0v) is 14.7. The number of nitrogens with one attached hydrogen (secondary N) is 1. The number of ether oxygens (including phenoxy) is 1. The van der Waals surface area contributed by atoms with Crippen molar-refractivity contribution < 1.29 is 9.53 Å². The van der Waals surface area contributed by atoms with Gasteiger partial charge in [-0.25, -0.2) is 0 Å². The quantitative estimate of drug-likeness (QED) is 0.861. The molecule has 0 bridgehead atoms. The van der Waals surface area contributed by atoms with Crippen molar-refractivity contribution in [2.45, 2.75) is 38.3 Å². The van der Waals surface area contributed by atoms with Crippen LogP contribution in [0.1, 0.15) is 36.9 Å². The number of fused-ring (bicyclic) bond motifs is 1. The minimum absolute atomic E-state index is 0.0744. The zero-order valence-electron chi connectivity index (χ0n) is 13.1. The summed E-state index contributed by atoms with van der Waals surface area (Å²) in [6.45, 7) is 1.78. The van der Waals surface area contributed by atoms with Crippen LogP contribution in [-0.2, 0) is 11.2 Å². The predicted octanol–water partition coefficient (Wildman–Crippen LogP) is 4.41. The molecule has 0 aliphatic heterocycles. The number of carbonyl (C=O) groups excluding carboxylic acids is 1. The molecule has 0 heterocycles. The van der Waals surface area contributed by atoms with Crippen LogP contribution >= 0.6 is 15.9 Å². The topological polar surface area (TPSA) is 38.3 Å². The lowest BCUT2D eigenvalue weighted by Crippen LogP contribution is -2.39. The Bertz CT molecular complexity index is 684. The average molecular weight is 374 g/mol. The molecule has 2 aromatic rings. The van der Waals surface area contributed by atoms with E-state index < -0.39 is 6.10 Å². The lowest BCUT2D eigenvalue weighted by atomic mass is 9.87. The molecule has 1 N–H and O–H groups in total. The molecule has 1 amide bonds. The molecule has 1 aliphatic carbocycles. The van der Waals surface area contributed by atoms with Crippen molar-refractivity contribution in [2.75, 3.05) is 0 Å². The van der Waals surface area contributed by atoms with Gasteiger partial charge in [-0.05, 0) is 61.6 Å². The van der Waals surface area contributed by atoms with E-state index in [1.54, 1.807) is 6.92 Å². The fourth-order valence-corrected chi connectivity index (χ4v) is 3.23. The van der Waals surface area contributed by atoms with Crippen LogP contribution in [-0.4, -0.2) is 12.0 Å². The number of hydrogen-bond acceptors (Lipinski definition) is 2. The molecule has 0 aromatic heterocycles. The molecule has 0 spiro atoms. The van der Waals surface area contributed by atoms with Gasteiger partial charge in [0.25, 0.3) is 5.91 Å². The molecule has 2 aromatic carbocycles. The summed E-state index contributed by atoms with van der Waals surface area (Å²) in [7, 11) is 0. The Morgan fingerprint density at radius 3 is 2.74 bits per heavy atom. The van der Waals surface area contributed by atoms with E-state index in [4.69, 9.17) is 4.74 Å². The highest BCUT2D eigenvalue weighted by atomic mass is 79.9. The van der Waals surface area contributed by atoms with Crippen LogP contribution in [0.25, 0.3) is 0 Å². The highest BCUT2D eigenvalue weighted by Crippen LogP contribution is 2.29. The van der Waals surface area contributed by atoms with Crippen LogP contribution in [0, 0.1) is 0 Å². The molecule has 0 saturated heterocycles. The molecule has 2 atom stereocenters. The van der Waals surface area contributed by atoms with Crippen molar-refractivity contribution in [3.8, 4) is 5.75 Å². The molecular weight excluding hydrogens is 354 g/mol. The number of rotatable bonds is 4. The van der Waals surface area contributed by atoms with E-state index in [-0.39, 0.29) is 11.9 Å². The number of amides is 1. The minimum Gasteiger partial charge on any atom is -0.481 e. The standard InChI is InChI=1S/C19H20BrNO2/c1-13(23-16-11-9-15(20)10-12-16)19(22)21-18-8-4-6-14-5-2-3-7-17(14)18/h2-3,5,7,9-13,18H,4,6,8H2,1H3,(H,21,22)/t13-,18+/m0/s1. The van der Waals surface area contributed by atoms with Gasteiger partial charge in [0.2, 0.25) is 0 Å². The van der Waals surface area contributed by atoms with Gasteiger partial charge in [0, 0.05) is 4.47 Å². The number of aryl methyl sites for hydroxylation is 1. The van der Waals surface area contributed by atoms with Gasteiger partial charge in [-0.1, -0.05) is 40.2 Å². The SMILES string of the molecule is C[C@H](Oc1ccc(Br)cc1)C(=O)N[C@@H]1CCCc2ccccc21. The predicted molar refractivity (Wildman–Crippen MR) is 94.5 cm³/mol. The average Bonchev–Trinajstić information content (AvgIpc) is 2.57. The Balaban J connectivity index is 1.64. The maximum atomic E-state index is 12.4. The molecule has 0 unspecified atom stereocenters. The summed E-state index contributed by atoms with van der Waals surface area (Å²) in [5, 5.41) is 3.13. The van der Waals surface area contributed by atoms with Crippen LogP contribution in [0.2, 0.25) is 0 Å². The van der Waals surface area contributed by atoms with Crippen molar-refractivity contribution in [3.05, 3.63) is 64.1 Å². The smallest absolute Gasteiger partial charge is 0.261 e. The molecule has 3 rings (SSSR count). The van der Waals surface area contributed by atoms with Gasteiger partial charge in [-0.3, -0.25) is 4.79 Å². The summed E-state index contributed by atoms with van der Waals surface area (Å²) in [6, 6.07) is 15.9. The van der Waals surface area contributed by atoms with Crippen molar-refractivity contribution in [2.24, 2.45) is 0 Å². The van der Waals surface area contributed by atoms with Crippen LogP contribution in [0.15, 0.2) is 53.0 Å². The molecule has 120 valence electrons. The number of hydrogen-bond donors (Lipinski definition) is 1. The number of benzene rings is 2. The van der Waals surface area contributed by atoms with Crippen LogP contribution in [0.4, 0.5) is 0 Å². The summed E-state index contributed by atoms with van der Waals surface area (Å²) < 4.78 is 6.71. The highest BCUT2D eigenvalue weighted by Gasteiger charge is 2.24. The molecule has 1 aliphatic rings. The Labute approximate surface area is 145 Å². The van der Waals surface area contributed by atoms with Crippen molar-refractivity contribution in [3.63, 3.8) is 0 Å². The summed E-state index contributed by atoms with van der Waals surface area (Å²) in [4.78, 5) is 12.4. The Morgan fingerprint density at radius 1 is 1.22 bits per heavy atom. The molecule has 0 saturated carbocycles. The van der Waals surface area contributed by atoms with Crippen molar-refractivity contribution in [1.29, 1.82) is 0 Å². The minimum atomic E-state index is -0.523. The first-order valence-corrected chi connectivity index (χ1v) is 8.73. The van der Waals surface area contributed by atoms with Gasteiger partial charge in [0.05, 0.1) is 6.04 Å². The Hall–Kier alpha value is -1.81. The first-order chi connectivity index (χ1) is 11.1. The monoisotopic (exact) mass is 373 g/mol. The molecule has 3 nitrogen and oxygen atoms in total. The number of halogens is 1. The molecule has 0 fully saturated rings. The molecule has 23 heavy (non-hydrogen) atoms. The van der Waals surface area contributed by atoms with E-state index >= 15 is 0 Å². The summed E-state index contributed by atoms with van der Waals surface area (Å²) in [5.74, 6) is 0.620. The van der Waals surface area contributed by atoms with Crippen LogP contribution in [0.5, 0.6) is 5.75 Å². The Morgan fingerprint density at radius 2 is 1.96 bits per heavy atom. The summed E-state index contributed by atoms with van der Waals surface area (Å²) >= 11 is 3.39. The van der Waals surface area contributed by atoms with E-state index in [1.807, 2.05) is 30.3 Å². The first-order valence-electron chi connectivity index (χ1n) is 7.94.